The second-order valence-electron chi connectivity index (χ2n) is 5.70. The summed E-state index contributed by atoms with van der Waals surface area (Å²) in [6.07, 6.45) is -0.636. The molecule has 25 heavy (non-hydrogen) atoms. The number of rotatable bonds is 6. The van der Waals surface area contributed by atoms with Gasteiger partial charge in [0.25, 0.3) is 0 Å². The highest BCUT2D eigenvalue weighted by Gasteiger charge is 2.19. The molecule has 0 fully saturated rings. The second kappa shape index (κ2) is 7.26. The predicted molar refractivity (Wildman–Crippen MR) is 97.9 cm³/mol. The van der Waals surface area contributed by atoms with Crippen LogP contribution in [0.5, 0.6) is 17.2 Å². The molecule has 4 heteroatoms. The first-order chi connectivity index (χ1) is 12.1. The summed E-state index contributed by atoms with van der Waals surface area (Å²) in [6, 6.07) is 18.7. The fourth-order valence-electron chi connectivity index (χ4n) is 2.77. The Morgan fingerprint density at radius 1 is 0.840 bits per heavy atom. The van der Waals surface area contributed by atoms with Gasteiger partial charge in [0, 0.05) is 23.8 Å². The minimum atomic E-state index is -0.636. The van der Waals surface area contributed by atoms with Crippen LogP contribution in [0.2, 0.25) is 0 Å². The van der Waals surface area contributed by atoms with Gasteiger partial charge in [-0.1, -0.05) is 42.5 Å². The molecule has 0 spiro atoms. The SMILES string of the molecule is COc1cc(OC)cc(OC(C)C(=O)c2cccc3ccccc23)c1. The highest BCUT2D eigenvalue weighted by molar-refractivity contribution is 6.10. The van der Waals surface area contributed by atoms with Gasteiger partial charge in [-0.3, -0.25) is 4.79 Å². The van der Waals surface area contributed by atoms with Gasteiger partial charge in [0.15, 0.2) is 6.10 Å². The summed E-state index contributed by atoms with van der Waals surface area (Å²) in [4.78, 5) is 12.9. The van der Waals surface area contributed by atoms with Crippen LogP contribution in [0.3, 0.4) is 0 Å². The van der Waals surface area contributed by atoms with E-state index < -0.39 is 6.10 Å². The first kappa shape index (κ1) is 16.8. The minimum Gasteiger partial charge on any atom is -0.496 e. The molecule has 1 unspecified atom stereocenters. The summed E-state index contributed by atoms with van der Waals surface area (Å²) in [5, 5.41) is 1.96. The van der Waals surface area contributed by atoms with Crippen LogP contribution in [0.1, 0.15) is 17.3 Å². The molecule has 0 heterocycles. The van der Waals surface area contributed by atoms with Crippen LogP contribution in [0.15, 0.2) is 60.7 Å². The van der Waals surface area contributed by atoms with E-state index in [1.165, 1.54) is 0 Å². The maximum absolute atomic E-state index is 12.9. The van der Waals surface area contributed by atoms with E-state index in [1.54, 1.807) is 39.3 Å². The number of fused-ring (bicyclic) bond motifs is 1. The van der Waals surface area contributed by atoms with Crippen molar-refractivity contribution in [3.8, 4) is 17.2 Å². The van der Waals surface area contributed by atoms with Gasteiger partial charge in [-0.05, 0) is 17.7 Å². The van der Waals surface area contributed by atoms with Gasteiger partial charge >= 0.3 is 0 Å². The van der Waals surface area contributed by atoms with E-state index >= 15 is 0 Å². The van der Waals surface area contributed by atoms with Crippen molar-refractivity contribution < 1.29 is 19.0 Å². The second-order valence-corrected chi connectivity index (χ2v) is 5.70. The highest BCUT2D eigenvalue weighted by Crippen LogP contribution is 2.29. The zero-order chi connectivity index (χ0) is 17.8. The third-order valence-corrected chi connectivity index (χ3v) is 4.06. The number of Topliss-reactive ketones (excluding diaryl/α,β-unsaturated/α-hetero) is 1. The van der Waals surface area contributed by atoms with Gasteiger partial charge < -0.3 is 14.2 Å². The summed E-state index contributed by atoms with van der Waals surface area (Å²) in [7, 11) is 3.15. The lowest BCUT2D eigenvalue weighted by atomic mass is 9.99. The molecular weight excluding hydrogens is 316 g/mol. The Morgan fingerprint density at radius 3 is 2.12 bits per heavy atom. The van der Waals surface area contributed by atoms with Gasteiger partial charge in [0.2, 0.25) is 5.78 Å². The van der Waals surface area contributed by atoms with Gasteiger partial charge in [0.1, 0.15) is 17.2 Å². The Labute approximate surface area is 146 Å². The molecule has 128 valence electrons. The third kappa shape index (κ3) is 3.58. The predicted octanol–water partition coefficient (Wildman–Crippen LogP) is 4.51. The fraction of sp³-hybridized carbons (Fsp3) is 0.190. The average Bonchev–Trinajstić information content (AvgIpc) is 2.66. The minimum absolute atomic E-state index is 0.0708. The monoisotopic (exact) mass is 336 g/mol. The van der Waals surface area contributed by atoms with Crippen LogP contribution in [-0.4, -0.2) is 26.1 Å². The molecule has 0 aliphatic rings. The number of ether oxygens (including phenoxy) is 3. The lowest BCUT2D eigenvalue weighted by Crippen LogP contribution is -2.24. The summed E-state index contributed by atoms with van der Waals surface area (Å²) in [6.45, 7) is 1.75. The molecule has 0 aromatic heterocycles. The Hall–Kier alpha value is -3.01. The maximum atomic E-state index is 12.9. The van der Waals surface area contributed by atoms with Crippen LogP contribution in [0.25, 0.3) is 10.8 Å². The van der Waals surface area contributed by atoms with Crippen molar-refractivity contribution in [2.75, 3.05) is 14.2 Å². The largest absolute Gasteiger partial charge is 0.496 e. The molecule has 3 aromatic rings. The Morgan fingerprint density at radius 2 is 1.44 bits per heavy atom. The van der Waals surface area contributed by atoms with E-state index in [0.717, 1.165) is 10.8 Å². The fourth-order valence-corrected chi connectivity index (χ4v) is 2.77. The van der Waals surface area contributed by atoms with E-state index in [-0.39, 0.29) is 5.78 Å². The molecule has 4 nitrogen and oxygen atoms in total. The van der Waals surface area contributed by atoms with Gasteiger partial charge in [-0.15, -0.1) is 0 Å². The molecule has 0 N–H and O–H groups in total. The highest BCUT2D eigenvalue weighted by atomic mass is 16.5. The Balaban J connectivity index is 1.88. The summed E-state index contributed by atoms with van der Waals surface area (Å²) in [5.74, 6) is 1.68. The standard InChI is InChI=1S/C21H20O4/c1-14(25-18-12-16(23-2)11-17(13-18)24-3)21(22)20-10-6-8-15-7-4-5-9-19(15)20/h4-14H,1-3H3. The molecule has 0 amide bonds. The van der Waals surface area contributed by atoms with Crippen molar-refractivity contribution in [2.45, 2.75) is 13.0 Å². The summed E-state index contributed by atoms with van der Waals surface area (Å²) < 4.78 is 16.3. The van der Waals surface area contributed by atoms with Gasteiger partial charge in [-0.2, -0.15) is 0 Å². The lowest BCUT2D eigenvalue weighted by Gasteiger charge is -2.16. The number of hydrogen-bond donors (Lipinski definition) is 0. The first-order valence-electron chi connectivity index (χ1n) is 8.04. The number of carbonyl (C=O) groups is 1. The Kier molecular flexibility index (Phi) is 4.89. The number of ketones is 1. The van der Waals surface area contributed by atoms with Crippen molar-refractivity contribution in [2.24, 2.45) is 0 Å². The topological polar surface area (TPSA) is 44.8 Å². The first-order valence-corrected chi connectivity index (χ1v) is 8.04. The number of carbonyl (C=O) groups excluding carboxylic acids is 1. The van der Waals surface area contributed by atoms with E-state index in [9.17, 15) is 4.79 Å². The van der Waals surface area contributed by atoms with Crippen LogP contribution in [0.4, 0.5) is 0 Å². The van der Waals surface area contributed by atoms with E-state index in [0.29, 0.717) is 22.8 Å². The molecule has 0 bridgehead atoms. The van der Waals surface area contributed by atoms with Crippen LogP contribution in [0, 0.1) is 0 Å². The molecule has 1 atom stereocenters. The quantitative estimate of drug-likeness (QED) is 0.621. The van der Waals surface area contributed by atoms with Crippen molar-refractivity contribution in [1.29, 1.82) is 0 Å². The average molecular weight is 336 g/mol. The van der Waals surface area contributed by atoms with Crippen LogP contribution in [-0.2, 0) is 0 Å². The molecule has 0 aliphatic heterocycles. The molecule has 3 rings (SSSR count). The zero-order valence-electron chi connectivity index (χ0n) is 14.5. The van der Waals surface area contributed by atoms with E-state index in [4.69, 9.17) is 14.2 Å². The van der Waals surface area contributed by atoms with Crippen molar-refractivity contribution in [1.82, 2.24) is 0 Å². The van der Waals surface area contributed by atoms with Crippen molar-refractivity contribution in [3.63, 3.8) is 0 Å². The van der Waals surface area contributed by atoms with Crippen LogP contribution >= 0.6 is 0 Å². The summed E-state index contributed by atoms with van der Waals surface area (Å²) >= 11 is 0. The summed E-state index contributed by atoms with van der Waals surface area (Å²) in [5.41, 5.74) is 0.653. The lowest BCUT2D eigenvalue weighted by molar-refractivity contribution is 0.0819. The maximum Gasteiger partial charge on any atom is 0.203 e. The van der Waals surface area contributed by atoms with Gasteiger partial charge in [-0.25, -0.2) is 0 Å². The number of hydrogen-bond acceptors (Lipinski definition) is 4. The van der Waals surface area contributed by atoms with Crippen molar-refractivity contribution >= 4 is 16.6 Å². The normalized spacial score (nSPS) is 11.8. The molecular formula is C21H20O4. The smallest absolute Gasteiger partial charge is 0.203 e. The van der Waals surface area contributed by atoms with E-state index in [2.05, 4.69) is 0 Å². The number of methoxy groups -OCH3 is 2. The van der Waals surface area contributed by atoms with Crippen molar-refractivity contribution in [3.05, 3.63) is 66.2 Å². The van der Waals surface area contributed by atoms with Crippen LogP contribution < -0.4 is 14.2 Å². The molecule has 0 saturated carbocycles. The zero-order valence-corrected chi connectivity index (χ0v) is 14.5. The third-order valence-electron chi connectivity index (χ3n) is 4.06. The molecule has 3 aromatic carbocycles. The molecule has 0 aliphatic carbocycles. The molecule has 0 radical (unpaired) electrons. The number of benzene rings is 3. The molecule has 0 saturated heterocycles. The van der Waals surface area contributed by atoms with E-state index in [1.807, 2.05) is 42.5 Å². The Bertz CT molecular complexity index is 874. The van der Waals surface area contributed by atoms with Gasteiger partial charge in [0.05, 0.1) is 14.2 Å².